The van der Waals surface area contributed by atoms with Crippen LogP contribution >= 0.6 is 0 Å². The molecule has 2 N–H and O–H groups in total. The number of carbonyl (C=O) groups excluding carboxylic acids is 1. The van der Waals surface area contributed by atoms with Gasteiger partial charge in [-0.05, 0) is 37.0 Å². The number of aryl methyl sites for hydroxylation is 1. The lowest BCUT2D eigenvalue weighted by Crippen LogP contribution is -2.15. The first-order chi connectivity index (χ1) is 11.7. The lowest BCUT2D eigenvalue weighted by atomic mass is 10.1. The highest BCUT2D eigenvalue weighted by Crippen LogP contribution is 2.17. The molecule has 5 nitrogen and oxygen atoms in total. The van der Waals surface area contributed by atoms with E-state index in [9.17, 15) is 4.79 Å². The molecular weight excluding hydrogens is 302 g/mol. The lowest BCUT2D eigenvalue weighted by molar-refractivity contribution is 0.159. The van der Waals surface area contributed by atoms with E-state index in [0.717, 1.165) is 30.3 Å². The monoisotopic (exact) mass is 331 g/mol. The van der Waals surface area contributed by atoms with Gasteiger partial charge in [0, 0.05) is 0 Å². The molecular formula is C19H29N3O2. The number of carbonyl (C=O) groups is 1. The molecule has 0 aliphatic carbocycles. The number of nitrogens with zero attached hydrogens (tertiary/aromatic N) is 1. The standard InChI is InChI=1S/C19H29N3O2/c1-3-5-7-8-9-13-24-19(23)22-18-20-16-12-11-15(10-6-4-2)14-17(16)21-18/h11-12,14H,3-10,13H2,1-2H3,(H2,20,21,22,23). The normalized spacial score (nSPS) is 10.9. The lowest BCUT2D eigenvalue weighted by Gasteiger charge is -2.04. The largest absolute Gasteiger partial charge is 0.449 e. The maximum Gasteiger partial charge on any atom is 0.413 e. The van der Waals surface area contributed by atoms with Gasteiger partial charge in [-0.2, -0.15) is 0 Å². The molecule has 1 aromatic heterocycles. The summed E-state index contributed by atoms with van der Waals surface area (Å²) >= 11 is 0. The third-order valence-electron chi connectivity index (χ3n) is 4.07. The zero-order valence-corrected chi connectivity index (χ0v) is 14.9. The molecule has 0 saturated heterocycles. The Bertz CT molecular complexity index is 637. The van der Waals surface area contributed by atoms with Gasteiger partial charge >= 0.3 is 6.09 Å². The van der Waals surface area contributed by atoms with E-state index in [-0.39, 0.29) is 0 Å². The average Bonchev–Trinajstić information content (AvgIpc) is 2.97. The summed E-state index contributed by atoms with van der Waals surface area (Å²) < 4.78 is 5.19. The van der Waals surface area contributed by atoms with Crippen LogP contribution in [-0.2, 0) is 11.2 Å². The number of anilines is 1. The molecule has 1 amide bonds. The van der Waals surface area contributed by atoms with Gasteiger partial charge in [0.15, 0.2) is 0 Å². The van der Waals surface area contributed by atoms with Crippen molar-refractivity contribution in [1.29, 1.82) is 0 Å². The van der Waals surface area contributed by atoms with Crippen LogP contribution in [-0.4, -0.2) is 22.7 Å². The van der Waals surface area contributed by atoms with E-state index in [1.807, 2.05) is 6.07 Å². The number of nitrogens with one attached hydrogen (secondary N) is 2. The molecule has 0 aliphatic rings. The SMILES string of the molecule is CCCCCCCOC(=O)Nc1nc2ccc(CCCC)cc2[nH]1. The molecule has 24 heavy (non-hydrogen) atoms. The van der Waals surface area contributed by atoms with Crippen molar-refractivity contribution in [2.45, 2.75) is 65.2 Å². The van der Waals surface area contributed by atoms with Crippen molar-refractivity contribution in [3.8, 4) is 0 Å². The van der Waals surface area contributed by atoms with E-state index in [4.69, 9.17) is 4.74 Å². The Labute approximate surface area is 144 Å². The van der Waals surface area contributed by atoms with Crippen LogP contribution in [0.4, 0.5) is 10.7 Å². The summed E-state index contributed by atoms with van der Waals surface area (Å²) in [6.07, 6.45) is 8.64. The summed E-state index contributed by atoms with van der Waals surface area (Å²) in [7, 11) is 0. The number of H-pyrrole nitrogens is 1. The van der Waals surface area contributed by atoms with Crippen molar-refractivity contribution in [3.05, 3.63) is 23.8 Å². The van der Waals surface area contributed by atoms with Crippen molar-refractivity contribution in [2.75, 3.05) is 11.9 Å². The molecule has 0 fully saturated rings. The number of amides is 1. The quantitative estimate of drug-likeness (QED) is 0.571. The summed E-state index contributed by atoms with van der Waals surface area (Å²) in [5.74, 6) is 0.439. The molecule has 0 unspecified atom stereocenters. The number of fused-ring (bicyclic) bond motifs is 1. The minimum atomic E-state index is -0.448. The van der Waals surface area contributed by atoms with Crippen LogP contribution in [0.2, 0.25) is 0 Å². The molecule has 0 spiro atoms. The smallest absolute Gasteiger partial charge is 0.413 e. The molecule has 1 heterocycles. The van der Waals surface area contributed by atoms with E-state index in [1.54, 1.807) is 0 Å². The molecule has 2 aromatic rings. The number of rotatable bonds is 10. The van der Waals surface area contributed by atoms with Crippen LogP contribution in [0.25, 0.3) is 11.0 Å². The molecule has 2 rings (SSSR count). The second kappa shape index (κ2) is 9.96. The molecule has 0 atom stereocenters. The van der Waals surface area contributed by atoms with Crippen LogP contribution in [0.5, 0.6) is 0 Å². The Morgan fingerprint density at radius 3 is 2.71 bits per heavy atom. The molecule has 0 bridgehead atoms. The van der Waals surface area contributed by atoms with Gasteiger partial charge in [-0.25, -0.2) is 9.78 Å². The fourth-order valence-corrected chi connectivity index (χ4v) is 2.66. The van der Waals surface area contributed by atoms with Crippen molar-refractivity contribution in [2.24, 2.45) is 0 Å². The average molecular weight is 331 g/mol. The molecule has 0 radical (unpaired) electrons. The Hall–Kier alpha value is -2.04. The van der Waals surface area contributed by atoms with E-state index in [2.05, 4.69) is 41.3 Å². The van der Waals surface area contributed by atoms with E-state index >= 15 is 0 Å². The summed E-state index contributed by atoms with van der Waals surface area (Å²) in [5, 5.41) is 2.67. The Morgan fingerprint density at radius 2 is 1.92 bits per heavy atom. The Kier molecular flexibility index (Phi) is 7.59. The summed E-state index contributed by atoms with van der Waals surface area (Å²) in [6, 6.07) is 6.18. The molecule has 132 valence electrons. The number of benzene rings is 1. The number of unbranched alkanes of at least 4 members (excludes halogenated alkanes) is 5. The molecule has 5 heteroatoms. The fraction of sp³-hybridized carbons (Fsp3) is 0.579. The van der Waals surface area contributed by atoms with Crippen LogP contribution in [0.15, 0.2) is 18.2 Å². The van der Waals surface area contributed by atoms with Crippen LogP contribution in [0.1, 0.15) is 64.4 Å². The van der Waals surface area contributed by atoms with Crippen LogP contribution in [0, 0.1) is 0 Å². The number of aromatic nitrogens is 2. The van der Waals surface area contributed by atoms with Crippen molar-refractivity contribution in [3.63, 3.8) is 0 Å². The zero-order chi connectivity index (χ0) is 17.2. The number of aromatic amines is 1. The van der Waals surface area contributed by atoms with Gasteiger partial charge in [-0.3, -0.25) is 5.32 Å². The minimum absolute atomic E-state index is 0.439. The molecule has 0 saturated carbocycles. The fourth-order valence-electron chi connectivity index (χ4n) is 2.66. The first-order valence-electron chi connectivity index (χ1n) is 9.15. The third kappa shape index (κ3) is 5.87. The van der Waals surface area contributed by atoms with Crippen LogP contribution in [0.3, 0.4) is 0 Å². The highest BCUT2D eigenvalue weighted by molar-refractivity contribution is 5.86. The maximum atomic E-state index is 11.8. The van der Waals surface area contributed by atoms with Crippen molar-refractivity contribution < 1.29 is 9.53 Å². The van der Waals surface area contributed by atoms with Gasteiger partial charge in [-0.1, -0.05) is 52.0 Å². The second-order valence-corrected chi connectivity index (χ2v) is 6.22. The molecule has 0 aliphatic heterocycles. The van der Waals surface area contributed by atoms with Crippen molar-refractivity contribution >= 4 is 23.1 Å². The van der Waals surface area contributed by atoms with Gasteiger partial charge in [0.1, 0.15) is 0 Å². The third-order valence-corrected chi connectivity index (χ3v) is 4.07. The number of ether oxygens (including phenoxy) is 1. The maximum absolute atomic E-state index is 11.8. The first kappa shape index (κ1) is 18.3. The number of hydrogen-bond acceptors (Lipinski definition) is 3. The zero-order valence-electron chi connectivity index (χ0n) is 14.9. The van der Waals surface area contributed by atoms with E-state index in [0.29, 0.717) is 12.6 Å². The first-order valence-corrected chi connectivity index (χ1v) is 9.15. The van der Waals surface area contributed by atoms with E-state index < -0.39 is 6.09 Å². The van der Waals surface area contributed by atoms with Crippen molar-refractivity contribution in [1.82, 2.24) is 9.97 Å². The summed E-state index contributed by atoms with van der Waals surface area (Å²) in [6.45, 7) is 4.83. The second-order valence-electron chi connectivity index (χ2n) is 6.22. The predicted molar refractivity (Wildman–Crippen MR) is 98.4 cm³/mol. The Balaban J connectivity index is 1.80. The highest BCUT2D eigenvalue weighted by atomic mass is 16.5. The summed E-state index contributed by atoms with van der Waals surface area (Å²) in [4.78, 5) is 19.3. The number of imidazole rings is 1. The molecule has 1 aromatic carbocycles. The predicted octanol–water partition coefficient (Wildman–Crippen LogP) is 5.42. The van der Waals surface area contributed by atoms with Gasteiger partial charge in [0.25, 0.3) is 0 Å². The minimum Gasteiger partial charge on any atom is -0.449 e. The van der Waals surface area contributed by atoms with Gasteiger partial charge in [-0.15, -0.1) is 0 Å². The highest BCUT2D eigenvalue weighted by Gasteiger charge is 2.08. The topological polar surface area (TPSA) is 67.0 Å². The van der Waals surface area contributed by atoms with Gasteiger partial charge in [0.2, 0.25) is 5.95 Å². The van der Waals surface area contributed by atoms with E-state index in [1.165, 1.54) is 37.7 Å². The Morgan fingerprint density at radius 1 is 1.12 bits per heavy atom. The summed E-state index contributed by atoms with van der Waals surface area (Å²) in [5.41, 5.74) is 3.08. The van der Waals surface area contributed by atoms with Crippen LogP contribution < -0.4 is 5.32 Å². The van der Waals surface area contributed by atoms with Gasteiger partial charge < -0.3 is 9.72 Å². The number of hydrogen-bond donors (Lipinski definition) is 2. The van der Waals surface area contributed by atoms with Gasteiger partial charge in [0.05, 0.1) is 17.6 Å².